The van der Waals surface area contributed by atoms with Gasteiger partial charge in [-0.15, -0.1) is 0 Å². The number of hydrogen-bond acceptors (Lipinski definition) is 4. The van der Waals surface area contributed by atoms with Crippen molar-refractivity contribution < 1.29 is 19.7 Å². The summed E-state index contributed by atoms with van der Waals surface area (Å²) < 4.78 is 4.25. The molecule has 0 heterocycles. The van der Waals surface area contributed by atoms with Crippen molar-refractivity contribution >= 4 is 5.97 Å². The number of aliphatic hydroxyl groups is 2. The van der Waals surface area contributed by atoms with Crippen LogP contribution in [-0.2, 0) is 9.53 Å². The van der Waals surface area contributed by atoms with Gasteiger partial charge in [0.25, 0.3) is 0 Å². The predicted octanol–water partition coefficient (Wildman–Crippen LogP) is 5.84. The Hall–Kier alpha value is -0.610. The maximum Gasteiger partial charge on any atom is 0.313 e. The summed E-state index contributed by atoms with van der Waals surface area (Å²) in [5, 5.41) is 17.0. The third-order valence-electron chi connectivity index (χ3n) is 4.72. The zero-order chi connectivity index (χ0) is 18.6. The van der Waals surface area contributed by atoms with Crippen LogP contribution in [0.3, 0.4) is 0 Å². The summed E-state index contributed by atoms with van der Waals surface area (Å²) in [5.41, 5.74) is 0. The monoisotopic (exact) mass is 358 g/mol. The molecule has 0 rings (SSSR count). The first-order valence-electron chi connectivity index (χ1n) is 10.7. The van der Waals surface area contributed by atoms with Gasteiger partial charge in [-0.25, -0.2) is 0 Å². The van der Waals surface area contributed by atoms with Gasteiger partial charge in [-0.1, -0.05) is 110 Å². The molecule has 4 heteroatoms. The van der Waals surface area contributed by atoms with Gasteiger partial charge in [-0.3, -0.25) is 4.79 Å². The van der Waals surface area contributed by atoms with E-state index in [0.29, 0.717) is 0 Å². The predicted molar refractivity (Wildman–Crippen MR) is 103 cm³/mol. The minimum Gasteiger partial charge on any atom is -0.411 e. The number of aliphatic hydroxyl groups excluding tert-OH is 1. The van der Waals surface area contributed by atoms with E-state index in [1.54, 1.807) is 0 Å². The fourth-order valence-corrected chi connectivity index (χ4v) is 3.17. The molecule has 0 aliphatic carbocycles. The molecular weight excluding hydrogens is 316 g/mol. The van der Waals surface area contributed by atoms with Crippen molar-refractivity contribution in [3.05, 3.63) is 0 Å². The van der Waals surface area contributed by atoms with Crippen molar-refractivity contribution in [3.8, 4) is 0 Å². The maximum atomic E-state index is 11.1. The fraction of sp³-hybridized carbons (Fsp3) is 0.952. The minimum atomic E-state index is -1.97. The number of rotatable bonds is 19. The van der Waals surface area contributed by atoms with E-state index >= 15 is 0 Å². The lowest BCUT2D eigenvalue weighted by molar-refractivity contribution is -0.229. The molecule has 0 aliphatic rings. The smallest absolute Gasteiger partial charge is 0.313 e. The molecule has 0 aromatic heterocycles. The van der Waals surface area contributed by atoms with E-state index in [0.717, 1.165) is 19.3 Å². The molecule has 0 fully saturated rings. The third-order valence-corrected chi connectivity index (χ3v) is 4.72. The summed E-state index contributed by atoms with van der Waals surface area (Å²) in [7, 11) is 0. The second kappa shape index (κ2) is 19.7. The molecule has 0 saturated heterocycles. The Labute approximate surface area is 155 Å². The first kappa shape index (κ1) is 24.4. The van der Waals surface area contributed by atoms with E-state index in [1.165, 1.54) is 89.9 Å². The topological polar surface area (TPSA) is 66.8 Å². The first-order chi connectivity index (χ1) is 12.2. The number of carbonyl (C=O) groups is 1. The Morgan fingerprint density at radius 2 is 0.960 bits per heavy atom. The van der Waals surface area contributed by atoms with Crippen LogP contribution in [-0.4, -0.2) is 22.7 Å². The van der Waals surface area contributed by atoms with E-state index in [1.807, 2.05) is 0 Å². The van der Waals surface area contributed by atoms with Crippen LogP contribution in [0, 0.1) is 0 Å². The van der Waals surface area contributed by atoms with E-state index in [9.17, 15) is 4.79 Å². The van der Waals surface area contributed by atoms with Crippen LogP contribution in [0.4, 0.5) is 0 Å². The van der Waals surface area contributed by atoms with Crippen LogP contribution in [0.15, 0.2) is 0 Å². The Morgan fingerprint density at radius 3 is 1.28 bits per heavy atom. The van der Waals surface area contributed by atoms with Crippen molar-refractivity contribution in [3.63, 3.8) is 0 Å². The molecule has 0 spiro atoms. The molecule has 0 aromatic carbocycles. The average Bonchev–Trinajstić information content (AvgIpc) is 2.57. The number of unbranched alkanes of at least 4 members (excludes halogenated alkanes) is 16. The van der Waals surface area contributed by atoms with E-state index in [4.69, 9.17) is 10.2 Å². The molecular formula is C21H42O4. The SMILES string of the molecule is CCCCCCCCCCCCCCCCCCCC(=O)OC(O)O. The summed E-state index contributed by atoms with van der Waals surface area (Å²) >= 11 is 0. The normalized spacial score (nSPS) is 11.2. The lowest BCUT2D eigenvalue weighted by Gasteiger charge is -2.05. The van der Waals surface area contributed by atoms with Gasteiger partial charge in [-0.2, -0.15) is 0 Å². The zero-order valence-corrected chi connectivity index (χ0v) is 16.5. The molecule has 4 nitrogen and oxygen atoms in total. The summed E-state index contributed by atoms with van der Waals surface area (Å²) in [4.78, 5) is 11.1. The molecule has 0 bridgehead atoms. The molecule has 2 N–H and O–H groups in total. The van der Waals surface area contributed by atoms with Gasteiger partial charge >= 0.3 is 12.4 Å². The van der Waals surface area contributed by atoms with Crippen LogP contribution < -0.4 is 0 Å². The van der Waals surface area contributed by atoms with E-state index < -0.39 is 12.4 Å². The van der Waals surface area contributed by atoms with Crippen molar-refractivity contribution in [2.75, 3.05) is 0 Å². The van der Waals surface area contributed by atoms with Crippen molar-refractivity contribution in [2.45, 2.75) is 129 Å². The first-order valence-corrected chi connectivity index (χ1v) is 10.7. The molecule has 0 aliphatic heterocycles. The van der Waals surface area contributed by atoms with Gasteiger partial charge in [0.1, 0.15) is 0 Å². The van der Waals surface area contributed by atoms with Crippen molar-refractivity contribution in [2.24, 2.45) is 0 Å². The summed E-state index contributed by atoms with van der Waals surface area (Å²) in [6.45, 7) is 0.295. The zero-order valence-electron chi connectivity index (χ0n) is 16.5. The molecule has 0 atom stereocenters. The standard InChI is InChI=1S/C21H42O4/c1-2-3-4-5-6-7-8-9-10-11-12-13-14-15-16-17-18-19-20(22)25-21(23)24/h21,23-24H,2-19H2,1H3. The van der Waals surface area contributed by atoms with Crippen LogP contribution in [0.2, 0.25) is 0 Å². The highest BCUT2D eigenvalue weighted by Gasteiger charge is 2.06. The van der Waals surface area contributed by atoms with Gasteiger partial charge in [0, 0.05) is 6.42 Å². The second-order valence-corrected chi connectivity index (χ2v) is 7.22. The van der Waals surface area contributed by atoms with Crippen LogP contribution in [0.1, 0.15) is 122 Å². The summed E-state index contributed by atoms with van der Waals surface area (Å²) in [6, 6.07) is 0. The van der Waals surface area contributed by atoms with Gasteiger partial charge in [0.05, 0.1) is 0 Å². The number of carbonyl (C=O) groups excluding carboxylic acids is 1. The molecule has 0 unspecified atom stereocenters. The fourth-order valence-electron chi connectivity index (χ4n) is 3.17. The quantitative estimate of drug-likeness (QED) is 0.173. The summed E-state index contributed by atoms with van der Waals surface area (Å²) in [5.74, 6) is -0.532. The Bertz CT molecular complexity index is 279. The second-order valence-electron chi connectivity index (χ2n) is 7.22. The van der Waals surface area contributed by atoms with Gasteiger partial charge in [-0.05, 0) is 6.42 Å². The van der Waals surface area contributed by atoms with Gasteiger partial charge in [0.15, 0.2) is 0 Å². The van der Waals surface area contributed by atoms with Gasteiger partial charge in [0.2, 0.25) is 0 Å². The highest BCUT2D eigenvalue weighted by Crippen LogP contribution is 2.14. The van der Waals surface area contributed by atoms with E-state index in [-0.39, 0.29) is 6.42 Å². The molecule has 25 heavy (non-hydrogen) atoms. The van der Waals surface area contributed by atoms with Crippen molar-refractivity contribution in [1.29, 1.82) is 0 Å². The minimum absolute atomic E-state index is 0.274. The highest BCUT2D eigenvalue weighted by atomic mass is 16.7. The van der Waals surface area contributed by atoms with Gasteiger partial charge < -0.3 is 14.9 Å². The summed E-state index contributed by atoms with van der Waals surface area (Å²) in [6.07, 6.45) is 22.5. The number of hydrogen-bond donors (Lipinski definition) is 2. The van der Waals surface area contributed by atoms with Crippen molar-refractivity contribution in [1.82, 2.24) is 0 Å². The average molecular weight is 359 g/mol. The maximum absolute atomic E-state index is 11.1. The highest BCUT2D eigenvalue weighted by molar-refractivity contribution is 5.69. The molecule has 150 valence electrons. The van der Waals surface area contributed by atoms with E-state index in [2.05, 4.69) is 11.7 Å². The Balaban J connectivity index is 3.06. The molecule has 0 saturated carbocycles. The number of esters is 1. The lowest BCUT2D eigenvalue weighted by atomic mass is 10.0. The Kier molecular flexibility index (Phi) is 19.2. The van der Waals surface area contributed by atoms with Crippen LogP contribution in [0.25, 0.3) is 0 Å². The largest absolute Gasteiger partial charge is 0.411 e. The third kappa shape index (κ3) is 21.3. The molecule has 0 aromatic rings. The van der Waals surface area contributed by atoms with Crippen LogP contribution >= 0.6 is 0 Å². The Morgan fingerprint density at radius 1 is 0.640 bits per heavy atom. The molecule has 0 amide bonds. The molecule has 0 radical (unpaired) electrons. The lowest BCUT2D eigenvalue weighted by Crippen LogP contribution is -2.16. The van der Waals surface area contributed by atoms with Crippen LogP contribution in [0.5, 0.6) is 0 Å². The number of ether oxygens (including phenoxy) is 1.